The molecule has 0 spiro atoms. The van der Waals surface area contributed by atoms with Crippen molar-refractivity contribution in [2.75, 3.05) is 6.61 Å². The first-order valence-corrected chi connectivity index (χ1v) is 5.50. The zero-order valence-corrected chi connectivity index (χ0v) is 10.3. The molecule has 1 aromatic heterocycles. The Labute approximate surface area is 110 Å². The van der Waals surface area contributed by atoms with Gasteiger partial charge in [-0.2, -0.15) is 0 Å². The van der Waals surface area contributed by atoms with Gasteiger partial charge in [-0.05, 0) is 6.92 Å². The minimum atomic E-state index is -5.10. The van der Waals surface area contributed by atoms with E-state index in [1.165, 1.54) is 6.92 Å². The van der Waals surface area contributed by atoms with Crippen LogP contribution in [0.4, 0.5) is 17.6 Å². The number of alkyl halides is 4. The number of halogens is 5. The Morgan fingerprint density at radius 2 is 2.11 bits per heavy atom. The first-order chi connectivity index (χ1) is 8.78. The van der Waals surface area contributed by atoms with Crippen LogP contribution in [0.2, 0.25) is 0 Å². The number of hydrogen-bond acceptors (Lipinski definition) is 4. The van der Waals surface area contributed by atoms with Crippen molar-refractivity contribution in [2.45, 2.75) is 19.2 Å². The second kappa shape index (κ2) is 6.05. The molecule has 0 unspecified atom stereocenters. The molecular weight excluding hydrogens is 294 g/mol. The predicted molar refractivity (Wildman–Crippen MR) is 56.4 cm³/mol. The molecule has 0 saturated heterocycles. The Morgan fingerprint density at radius 3 is 2.58 bits per heavy atom. The molecule has 0 aliphatic carbocycles. The van der Waals surface area contributed by atoms with E-state index in [4.69, 9.17) is 11.6 Å². The molecule has 0 amide bonds. The van der Waals surface area contributed by atoms with Crippen molar-refractivity contribution < 1.29 is 31.8 Å². The van der Waals surface area contributed by atoms with Gasteiger partial charge in [-0.25, -0.2) is 14.2 Å². The van der Waals surface area contributed by atoms with Crippen LogP contribution in [-0.2, 0) is 10.6 Å². The highest BCUT2D eigenvalue weighted by molar-refractivity contribution is 6.16. The summed E-state index contributed by atoms with van der Waals surface area (Å²) in [5.41, 5.74) is -1.05. The van der Waals surface area contributed by atoms with Gasteiger partial charge in [-0.15, -0.1) is 24.8 Å². The van der Waals surface area contributed by atoms with Gasteiger partial charge in [0.2, 0.25) is 0 Å². The van der Waals surface area contributed by atoms with Crippen LogP contribution in [0.1, 0.15) is 23.1 Å². The van der Waals surface area contributed by atoms with E-state index in [-0.39, 0.29) is 18.2 Å². The standard InChI is InChI=1S/C10H8ClF4NO3/c1-2-18-9(17)8-7(12)6(19-10(13,14)15)3-5(4-11)16-8/h3H,2,4H2,1H3. The molecule has 0 saturated carbocycles. The molecule has 0 atom stereocenters. The van der Waals surface area contributed by atoms with Crippen molar-refractivity contribution in [1.29, 1.82) is 0 Å². The number of esters is 1. The topological polar surface area (TPSA) is 48.4 Å². The fourth-order valence-corrected chi connectivity index (χ4v) is 1.30. The van der Waals surface area contributed by atoms with E-state index in [2.05, 4.69) is 14.5 Å². The molecule has 1 heterocycles. The summed E-state index contributed by atoms with van der Waals surface area (Å²) in [5, 5.41) is 0. The lowest BCUT2D eigenvalue weighted by Gasteiger charge is -2.12. The van der Waals surface area contributed by atoms with Gasteiger partial charge < -0.3 is 9.47 Å². The predicted octanol–water partition coefficient (Wildman–Crippen LogP) is 3.03. The van der Waals surface area contributed by atoms with Crippen LogP contribution in [0.15, 0.2) is 6.07 Å². The first-order valence-electron chi connectivity index (χ1n) is 4.96. The molecule has 9 heteroatoms. The maximum atomic E-state index is 13.7. The zero-order valence-electron chi connectivity index (χ0n) is 9.55. The monoisotopic (exact) mass is 301 g/mol. The Hall–Kier alpha value is -1.57. The molecule has 19 heavy (non-hydrogen) atoms. The summed E-state index contributed by atoms with van der Waals surface area (Å²) in [6, 6.07) is 0.665. The van der Waals surface area contributed by atoms with Gasteiger partial charge in [0.05, 0.1) is 18.2 Å². The SMILES string of the molecule is CCOC(=O)c1nc(CCl)cc(OC(F)(F)F)c1F. The van der Waals surface area contributed by atoms with Crippen molar-refractivity contribution in [3.05, 3.63) is 23.3 Å². The number of carbonyl (C=O) groups excluding carboxylic acids is 1. The summed E-state index contributed by atoms with van der Waals surface area (Å²) < 4.78 is 57.8. The highest BCUT2D eigenvalue weighted by Gasteiger charge is 2.34. The molecular formula is C10H8ClF4NO3. The van der Waals surface area contributed by atoms with Crippen molar-refractivity contribution in [3.63, 3.8) is 0 Å². The Bertz CT molecular complexity index is 479. The third-order valence-electron chi connectivity index (χ3n) is 1.81. The second-order valence-electron chi connectivity index (χ2n) is 3.18. The van der Waals surface area contributed by atoms with Crippen molar-refractivity contribution >= 4 is 17.6 Å². The van der Waals surface area contributed by atoms with Gasteiger partial charge in [0, 0.05) is 6.07 Å². The minimum Gasteiger partial charge on any atom is -0.461 e. The number of pyridine rings is 1. The summed E-state index contributed by atoms with van der Waals surface area (Å²) in [4.78, 5) is 14.8. The van der Waals surface area contributed by atoms with Crippen LogP contribution in [0.25, 0.3) is 0 Å². The first kappa shape index (κ1) is 15.5. The maximum absolute atomic E-state index is 13.7. The minimum absolute atomic E-state index is 0.0828. The molecule has 1 rings (SSSR count). The van der Waals surface area contributed by atoms with Crippen molar-refractivity contribution in [1.82, 2.24) is 4.98 Å². The third kappa shape index (κ3) is 4.23. The summed E-state index contributed by atoms with van der Waals surface area (Å²) in [7, 11) is 0. The second-order valence-corrected chi connectivity index (χ2v) is 3.44. The van der Waals surface area contributed by atoms with Gasteiger partial charge in [-0.3, -0.25) is 0 Å². The molecule has 4 nitrogen and oxygen atoms in total. The van der Waals surface area contributed by atoms with Crippen LogP contribution < -0.4 is 4.74 Å². The van der Waals surface area contributed by atoms with Crippen LogP contribution in [0.3, 0.4) is 0 Å². The smallest absolute Gasteiger partial charge is 0.461 e. The number of aromatic nitrogens is 1. The molecule has 0 N–H and O–H groups in total. The number of ether oxygens (including phenoxy) is 2. The fraction of sp³-hybridized carbons (Fsp3) is 0.400. The fourth-order valence-electron chi connectivity index (χ4n) is 1.16. The lowest BCUT2D eigenvalue weighted by atomic mass is 10.2. The highest BCUT2D eigenvalue weighted by Crippen LogP contribution is 2.28. The number of carbonyl (C=O) groups is 1. The quantitative estimate of drug-likeness (QED) is 0.487. The molecule has 0 radical (unpaired) electrons. The molecule has 0 aliphatic rings. The van der Waals surface area contributed by atoms with Crippen LogP contribution in [0.5, 0.6) is 5.75 Å². The van der Waals surface area contributed by atoms with E-state index in [0.717, 1.165) is 0 Å². The van der Waals surface area contributed by atoms with Crippen LogP contribution in [0, 0.1) is 5.82 Å². The Balaban J connectivity index is 3.24. The largest absolute Gasteiger partial charge is 0.573 e. The number of hydrogen-bond donors (Lipinski definition) is 0. The van der Waals surface area contributed by atoms with E-state index in [9.17, 15) is 22.4 Å². The summed E-state index contributed by atoms with van der Waals surface area (Å²) in [6.07, 6.45) is -5.10. The number of nitrogens with zero attached hydrogens (tertiary/aromatic N) is 1. The average molecular weight is 302 g/mol. The van der Waals surface area contributed by atoms with Gasteiger partial charge in [0.25, 0.3) is 0 Å². The average Bonchev–Trinajstić information content (AvgIpc) is 2.30. The third-order valence-corrected chi connectivity index (χ3v) is 2.08. The van der Waals surface area contributed by atoms with Gasteiger partial charge in [-0.1, -0.05) is 0 Å². The maximum Gasteiger partial charge on any atom is 0.573 e. The Kier molecular flexibility index (Phi) is 4.93. The molecule has 0 fully saturated rings. The molecule has 0 bridgehead atoms. The van der Waals surface area contributed by atoms with Crippen molar-refractivity contribution in [3.8, 4) is 5.75 Å². The lowest BCUT2D eigenvalue weighted by Crippen LogP contribution is -2.20. The van der Waals surface area contributed by atoms with E-state index < -0.39 is 29.6 Å². The van der Waals surface area contributed by atoms with Gasteiger partial charge >= 0.3 is 12.3 Å². The van der Waals surface area contributed by atoms with Crippen molar-refractivity contribution in [2.24, 2.45) is 0 Å². The summed E-state index contributed by atoms with van der Waals surface area (Å²) in [5.74, 6) is -4.24. The van der Waals surface area contributed by atoms with Crippen LogP contribution in [-0.4, -0.2) is 23.9 Å². The number of rotatable bonds is 4. The molecule has 0 aromatic carbocycles. The molecule has 106 valence electrons. The van der Waals surface area contributed by atoms with Gasteiger partial charge in [0.15, 0.2) is 17.3 Å². The van der Waals surface area contributed by atoms with Crippen LogP contribution >= 0.6 is 11.6 Å². The van der Waals surface area contributed by atoms with E-state index >= 15 is 0 Å². The summed E-state index contributed by atoms with van der Waals surface area (Å²) >= 11 is 5.40. The van der Waals surface area contributed by atoms with Gasteiger partial charge in [0.1, 0.15) is 0 Å². The highest BCUT2D eigenvalue weighted by atomic mass is 35.5. The molecule has 1 aromatic rings. The Morgan fingerprint density at radius 1 is 1.47 bits per heavy atom. The van der Waals surface area contributed by atoms with E-state index in [0.29, 0.717) is 6.07 Å². The molecule has 0 aliphatic heterocycles. The lowest BCUT2D eigenvalue weighted by molar-refractivity contribution is -0.275. The van der Waals surface area contributed by atoms with E-state index in [1.54, 1.807) is 0 Å². The normalized spacial score (nSPS) is 11.3. The van der Waals surface area contributed by atoms with E-state index in [1.807, 2.05) is 0 Å². The summed E-state index contributed by atoms with van der Waals surface area (Å²) in [6.45, 7) is 1.37. The zero-order chi connectivity index (χ0) is 14.6.